The number of rotatable bonds is 9. The number of furan rings is 1. The first-order chi connectivity index (χ1) is 9.81. The van der Waals surface area contributed by atoms with Crippen molar-refractivity contribution in [3.63, 3.8) is 0 Å². The molecule has 0 aromatic carbocycles. The van der Waals surface area contributed by atoms with Gasteiger partial charge in [-0.15, -0.1) is 0 Å². The Kier molecular flexibility index (Phi) is 6.57. The molecule has 0 bridgehead atoms. The third-order valence-electron chi connectivity index (χ3n) is 3.78. The Balaban J connectivity index is 1.77. The Bertz CT molecular complexity index is 372. The van der Waals surface area contributed by atoms with Crippen LogP contribution in [0.2, 0.25) is 0 Å². The maximum Gasteiger partial charge on any atom is 0.118 e. The van der Waals surface area contributed by atoms with Crippen LogP contribution in [0.4, 0.5) is 0 Å². The summed E-state index contributed by atoms with van der Waals surface area (Å²) in [4.78, 5) is 2.40. The molecule has 1 aromatic heterocycles. The van der Waals surface area contributed by atoms with Crippen LogP contribution in [0.5, 0.6) is 0 Å². The second-order valence-electron chi connectivity index (χ2n) is 5.56. The van der Waals surface area contributed by atoms with E-state index >= 15 is 0 Å². The summed E-state index contributed by atoms with van der Waals surface area (Å²) >= 11 is 0. The molecule has 1 aromatic rings. The van der Waals surface area contributed by atoms with Crippen LogP contribution in [0, 0.1) is 0 Å². The number of nitrogens with one attached hydrogen (secondary N) is 1. The van der Waals surface area contributed by atoms with E-state index in [2.05, 4.69) is 30.1 Å². The van der Waals surface area contributed by atoms with E-state index in [4.69, 9.17) is 9.15 Å². The molecule has 0 radical (unpaired) electrons. The van der Waals surface area contributed by atoms with Gasteiger partial charge in [0.15, 0.2) is 0 Å². The largest absolute Gasteiger partial charge is 0.468 e. The van der Waals surface area contributed by atoms with Crippen molar-refractivity contribution >= 4 is 0 Å². The zero-order valence-corrected chi connectivity index (χ0v) is 12.9. The summed E-state index contributed by atoms with van der Waals surface area (Å²) in [6.07, 6.45) is 5.85. The topological polar surface area (TPSA) is 37.6 Å². The maximum absolute atomic E-state index is 5.71. The van der Waals surface area contributed by atoms with Crippen molar-refractivity contribution in [2.24, 2.45) is 0 Å². The van der Waals surface area contributed by atoms with Gasteiger partial charge < -0.3 is 14.5 Å². The number of hydrogen-bond acceptors (Lipinski definition) is 4. The third kappa shape index (κ3) is 4.93. The second kappa shape index (κ2) is 8.45. The standard InChI is InChI=1S/C16H28N2O2/c1-3-7-17-10-14-9-16(20-13-14)12-18(4-2)11-15-6-5-8-19-15/h9,13,15,17H,3-8,10-12H2,1-2H3. The first kappa shape index (κ1) is 15.5. The minimum absolute atomic E-state index is 0.413. The molecule has 2 heterocycles. The number of likely N-dealkylation sites (N-methyl/N-ethyl adjacent to an activating group) is 1. The highest BCUT2D eigenvalue weighted by atomic mass is 16.5. The van der Waals surface area contributed by atoms with Crippen molar-refractivity contribution in [2.45, 2.75) is 52.3 Å². The molecule has 0 spiro atoms. The molecule has 4 nitrogen and oxygen atoms in total. The number of nitrogens with zero attached hydrogens (tertiary/aromatic N) is 1. The zero-order chi connectivity index (χ0) is 14.2. The fraction of sp³-hybridized carbons (Fsp3) is 0.750. The lowest BCUT2D eigenvalue weighted by Crippen LogP contribution is -2.31. The zero-order valence-electron chi connectivity index (χ0n) is 12.9. The Morgan fingerprint density at radius 1 is 1.40 bits per heavy atom. The van der Waals surface area contributed by atoms with Crippen molar-refractivity contribution < 1.29 is 9.15 Å². The molecular formula is C16H28N2O2. The molecule has 1 N–H and O–H groups in total. The summed E-state index contributed by atoms with van der Waals surface area (Å²) in [6, 6.07) is 2.17. The molecule has 1 atom stereocenters. The van der Waals surface area contributed by atoms with Gasteiger partial charge in [0.2, 0.25) is 0 Å². The van der Waals surface area contributed by atoms with Crippen molar-refractivity contribution in [3.8, 4) is 0 Å². The highest BCUT2D eigenvalue weighted by molar-refractivity contribution is 5.12. The highest BCUT2D eigenvalue weighted by Gasteiger charge is 2.19. The van der Waals surface area contributed by atoms with Crippen molar-refractivity contribution in [3.05, 3.63) is 23.7 Å². The van der Waals surface area contributed by atoms with Crippen molar-refractivity contribution in [2.75, 3.05) is 26.2 Å². The van der Waals surface area contributed by atoms with E-state index in [9.17, 15) is 0 Å². The lowest BCUT2D eigenvalue weighted by molar-refractivity contribution is 0.0703. The average Bonchev–Trinajstić information content (AvgIpc) is 3.10. The van der Waals surface area contributed by atoms with E-state index in [1.807, 2.05) is 6.26 Å². The van der Waals surface area contributed by atoms with Crippen LogP contribution in [0.1, 0.15) is 44.4 Å². The van der Waals surface area contributed by atoms with Gasteiger partial charge in [-0.3, -0.25) is 4.90 Å². The van der Waals surface area contributed by atoms with E-state index < -0.39 is 0 Å². The van der Waals surface area contributed by atoms with E-state index in [1.54, 1.807) is 0 Å². The Morgan fingerprint density at radius 2 is 2.30 bits per heavy atom. The lowest BCUT2D eigenvalue weighted by atomic mass is 10.2. The van der Waals surface area contributed by atoms with E-state index in [-0.39, 0.29) is 0 Å². The molecule has 1 aliphatic heterocycles. The molecular weight excluding hydrogens is 252 g/mol. The fourth-order valence-electron chi connectivity index (χ4n) is 2.61. The predicted octanol–water partition coefficient (Wildman–Crippen LogP) is 2.78. The molecule has 0 amide bonds. The summed E-state index contributed by atoms with van der Waals surface area (Å²) in [6.45, 7) is 10.2. The molecule has 114 valence electrons. The second-order valence-corrected chi connectivity index (χ2v) is 5.56. The normalized spacial score (nSPS) is 19.1. The minimum Gasteiger partial charge on any atom is -0.468 e. The van der Waals surface area contributed by atoms with Crippen LogP contribution >= 0.6 is 0 Å². The van der Waals surface area contributed by atoms with Crippen LogP contribution in [-0.2, 0) is 17.8 Å². The SMILES string of the molecule is CCCNCc1coc(CN(CC)CC2CCCO2)c1. The van der Waals surface area contributed by atoms with Gasteiger partial charge in [-0.1, -0.05) is 13.8 Å². The molecule has 1 aliphatic rings. The quantitative estimate of drug-likeness (QED) is 0.706. The van der Waals surface area contributed by atoms with Crippen LogP contribution in [0.25, 0.3) is 0 Å². The molecule has 0 saturated carbocycles. The minimum atomic E-state index is 0.413. The third-order valence-corrected chi connectivity index (χ3v) is 3.78. The molecule has 20 heavy (non-hydrogen) atoms. The first-order valence-corrected chi connectivity index (χ1v) is 7.92. The van der Waals surface area contributed by atoms with Gasteiger partial charge in [-0.05, 0) is 38.4 Å². The summed E-state index contributed by atoms with van der Waals surface area (Å²) in [5.74, 6) is 1.05. The van der Waals surface area contributed by atoms with Gasteiger partial charge in [0.05, 0.1) is 18.9 Å². The number of ether oxygens (including phenoxy) is 1. The monoisotopic (exact) mass is 280 g/mol. The van der Waals surface area contributed by atoms with Gasteiger partial charge in [-0.25, -0.2) is 0 Å². The van der Waals surface area contributed by atoms with E-state index in [0.717, 1.165) is 51.5 Å². The molecule has 1 fully saturated rings. The summed E-state index contributed by atoms with van der Waals surface area (Å²) in [5.41, 5.74) is 1.24. The Morgan fingerprint density at radius 3 is 3.00 bits per heavy atom. The van der Waals surface area contributed by atoms with Crippen LogP contribution < -0.4 is 5.32 Å². The summed E-state index contributed by atoms with van der Waals surface area (Å²) in [5, 5.41) is 3.40. The first-order valence-electron chi connectivity index (χ1n) is 7.92. The molecule has 1 saturated heterocycles. The summed E-state index contributed by atoms with van der Waals surface area (Å²) < 4.78 is 11.4. The van der Waals surface area contributed by atoms with Crippen LogP contribution in [-0.4, -0.2) is 37.2 Å². The average molecular weight is 280 g/mol. The predicted molar refractivity (Wildman–Crippen MR) is 80.6 cm³/mol. The molecule has 0 aliphatic carbocycles. The van der Waals surface area contributed by atoms with Gasteiger partial charge >= 0.3 is 0 Å². The fourth-order valence-corrected chi connectivity index (χ4v) is 2.61. The van der Waals surface area contributed by atoms with Gasteiger partial charge in [0.25, 0.3) is 0 Å². The lowest BCUT2D eigenvalue weighted by Gasteiger charge is -2.22. The smallest absolute Gasteiger partial charge is 0.118 e. The van der Waals surface area contributed by atoms with Gasteiger partial charge in [0.1, 0.15) is 5.76 Å². The van der Waals surface area contributed by atoms with Crippen LogP contribution in [0.3, 0.4) is 0 Å². The number of hydrogen-bond donors (Lipinski definition) is 1. The van der Waals surface area contributed by atoms with E-state index in [1.165, 1.54) is 18.4 Å². The van der Waals surface area contributed by atoms with E-state index in [0.29, 0.717) is 6.10 Å². The molecule has 1 unspecified atom stereocenters. The maximum atomic E-state index is 5.71. The molecule has 2 rings (SSSR count). The van der Waals surface area contributed by atoms with Crippen molar-refractivity contribution in [1.82, 2.24) is 10.2 Å². The van der Waals surface area contributed by atoms with Gasteiger partial charge in [0, 0.05) is 25.3 Å². The Hall–Kier alpha value is -0.840. The summed E-state index contributed by atoms with van der Waals surface area (Å²) in [7, 11) is 0. The molecule has 4 heteroatoms. The van der Waals surface area contributed by atoms with Gasteiger partial charge in [-0.2, -0.15) is 0 Å². The van der Waals surface area contributed by atoms with Crippen LogP contribution in [0.15, 0.2) is 16.7 Å². The Labute approximate surface area is 122 Å². The van der Waals surface area contributed by atoms with Crippen molar-refractivity contribution in [1.29, 1.82) is 0 Å². The highest BCUT2D eigenvalue weighted by Crippen LogP contribution is 2.16.